The summed E-state index contributed by atoms with van der Waals surface area (Å²) in [7, 11) is 1.76. The second-order valence-corrected chi connectivity index (χ2v) is 4.96. The number of nitrogens with one attached hydrogen (secondary N) is 1. The summed E-state index contributed by atoms with van der Waals surface area (Å²) in [5, 5.41) is 3.09. The Hall–Kier alpha value is -0.940. The summed E-state index contributed by atoms with van der Waals surface area (Å²) in [5.74, 6) is -0.260. The Morgan fingerprint density at radius 2 is 2.22 bits per heavy atom. The molecule has 0 spiro atoms. The van der Waals surface area contributed by atoms with E-state index >= 15 is 0 Å². The number of amides is 1. The smallest absolute Gasteiger partial charge is 0.239 e. The van der Waals surface area contributed by atoms with Gasteiger partial charge >= 0.3 is 0 Å². The second kappa shape index (κ2) is 6.85. The lowest BCUT2D eigenvalue weighted by atomic mass is 10.2. The molecule has 1 N–H and O–H groups in total. The van der Waals surface area contributed by atoms with Gasteiger partial charge in [0.05, 0.1) is 10.5 Å². The summed E-state index contributed by atoms with van der Waals surface area (Å²) in [6.07, 6.45) is 0. The number of halogens is 2. The Morgan fingerprint density at radius 3 is 2.83 bits per heavy atom. The average Bonchev–Trinajstić information content (AvgIpc) is 2.38. The summed E-state index contributed by atoms with van der Waals surface area (Å²) in [5.41, 5.74) is 0.800. The van der Waals surface area contributed by atoms with Gasteiger partial charge in [0.25, 0.3) is 0 Å². The fraction of sp³-hybridized carbons (Fsp3) is 0.462. The van der Waals surface area contributed by atoms with E-state index in [9.17, 15) is 9.18 Å². The van der Waals surface area contributed by atoms with Crippen LogP contribution in [0.5, 0.6) is 0 Å². The third kappa shape index (κ3) is 3.78. The standard InChI is InChI=1S/C13H18BrFN2O/c1-4-17(3)13(18)9(2)16-8-10-6-5-7-11(15)12(10)14/h5-7,9,16H,4,8H2,1-3H3. The lowest BCUT2D eigenvalue weighted by Gasteiger charge is -2.20. The number of hydrogen-bond donors (Lipinski definition) is 1. The topological polar surface area (TPSA) is 32.3 Å². The van der Waals surface area contributed by atoms with Crippen molar-refractivity contribution in [1.82, 2.24) is 10.2 Å². The van der Waals surface area contributed by atoms with Crippen LogP contribution in [0.4, 0.5) is 4.39 Å². The zero-order valence-electron chi connectivity index (χ0n) is 10.8. The van der Waals surface area contributed by atoms with Crippen LogP contribution in [0.2, 0.25) is 0 Å². The molecule has 0 aliphatic carbocycles. The van der Waals surface area contributed by atoms with Crippen LogP contribution >= 0.6 is 15.9 Å². The highest BCUT2D eigenvalue weighted by Gasteiger charge is 2.16. The van der Waals surface area contributed by atoms with E-state index in [-0.39, 0.29) is 17.8 Å². The van der Waals surface area contributed by atoms with E-state index in [4.69, 9.17) is 0 Å². The van der Waals surface area contributed by atoms with Crippen LogP contribution in [0.1, 0.15) is 19.4 Å². The number of nitrogens with zero attached hydrogens (tertiary/aromatic N) is 1. The van der Waals surface area contributed by atoms with Crippen LogP contribution in [0.25, 0.3) is 0 Å². The van der Waals surface area contributed by atoms with Crippen molar-refractivity contribution >= 4 is 21.8 Å². The zero-order chi connectivity index (χ0) is 13.7. The van der Waals surface area contributed by atoms with Gasteiger partial charge in [0.2, 0.25) is 5.91 Å². The Bertz CT molecular complexity index is 425. The lowest BCUT2D eigenvalue weighted by Crippen LogP contribution is -2.42. The molecular weight excluding hydrogens is 299 g/mol. The molecule has 0 fully saturated rings. The molecule has 0 aliphatic rings. The van der Waals surface area contributed by atoms with Gasteiger partial charge in [-0.3, -0.25) is 4.79 Å². The molecule has 0 aromatic heterocycles. The van der Waals surface area contributed by atoms with Gasteiger partial charge in [-0.25, -0.2) is 4.39 Å². The number of carbonyl (C=O) groups is 1. The van der Waals surface area contributed by atoms with Crippen molar-refractivity contribution in [1.29, 1.82) is 0 Å². The van der Waals surface area contributed by atoms with Crippen molar-refractivity contribution in [2.24, 2.45) is 0 Å². The summed E-state index contributed by atoms with van der Waals surface area (Å²) >= 11 is 3.20. The third-order valence-electron chi connectivity index (χ3n) is 2.85. The Balaban J connectivity index is 2.60. The van der Waals surface area contributed by atoms with Crippen molar-refractivity contribution in [2.75, 3.05) is 13.6 Å². The highest BCUT2D eigenvalue weighted by atomic mass is 79.9. The first-order valence-corrected chi connectivity index (χ1v) is 6.68. The molecule has 3 nitrogen and oxygen atoms in total. The maximum absolute atomic E-state index is 13.3. The summed E-state index contributed by atoms with van der Waals surface area (Å²) in [4.78, 5) is 13.5. The molecule has 0 saturated heterocycles. The quantitative estimate of drug-likeness (QED) is 0.905. The average molecular weight is 317 g/mol. The molecule has 1 aromatic rings. The first-order valence-electron chi connectivity index (χ1n) is 5.88. The highest BCUT2D eigenvalue weighted by Crippen LogP contribution is 2.20. The maximum atomic E-state index is 13.3. The zero-order valence-corrected chi connectivity index (χ0v) is 12.4. The fourth-order valence-electron chi connectivity index (χ4n) is 1.52. The minimum absolute atomic E-state index is 0.0324. The van der Waals surface area contributed by atoms with Crippen molar-refractivity contribution in [2.45, 2.75) is 26.4 Å². The third-order valence-corrected chi connectivity index (χ3v) is 3.74. The van der Waals surface area contributed by atoms with Crippen molar-refractivity contribution in [3.63, 3.8) is 0 Å². The van der Waals surface area contributed by atoms with E-state index in [0.717, 1.165) is 5.56 Å². The van der Waals surface area contributed by atoms with Gasteiger partial charge in [0.1, 0.15) is 5.82 Å². The van der Waals surface area contributed by atoms with Gasteiger partial charge in [0, 0.05) is 20.1 Å². The maximum Gasteiger partial charge on any atom is 0.239 e. The number of hydrogen-bond acceptors (Lipinski definition) is 2. The van der Waals surface area contributed by atoms with Gasteiger partial charge in [0.15, 0.2) is 0 Å². The molecule has 18 heavy (non-hydrogen) atoms. The number of carbonyl (C=O) groups excluding carboxylic acids is 1. The van der Waals surface area contributed by atoms with Gasteiger partial charge in [-0.15, -0.1) is 0 Å². The van der Waals surface area contributed by atoms with Crippen molar-refractivity contribution < 1.29 is 9.18 Å². The number of benzene rings is 1. The Morgan fingerprint density at radius 1 is 1.56 bits per heavy atom. The first-order chi connectivity index (χ1) is 8.47. The van der Waals surface area contributed by atoms with Gasteiger partial charge in [-0.2, -0.15) is 0 Å². The van der Waals surface area contributed by atoms with Crippen LogP contribution in [-0.4, -0.2) is 30.4 Å². The molecule has 1 unspecified atom stereocenters. The number of likely N-dealkylation sites (N-methyl/N-ethyl adjacent to an activating group) is 1. The molecule has 1 rings (SSSR count). The SMILES string of the molecule is CCN(C)C(=O)C(C)NCc1cccc(F)c1Br. The van der Waals surface area contributed by atoms with Crippen LogP contribution < -0.4 is 5.32 Å². The van der Waals surface area contributed by atoms with E-state index in [0.29, 0.717) is 17.6 Å². The molecule has 0 heterocycles. The van der Waals surface area contributed by atoms with Crippen molar-refractivity contribution in [3.8, 4) is 0 Å². The lowest BCUT2D eigenvalue weighted by molar-refractivity contribution is -0.131. The van der Waals surface area contributed by atoms with E-state index in [1.165, 1.54) is 6.07 Å². The highest BCUT2D eigenvalue weighted by molar-refractivity contribution is 9.10. The molecule has 5 heteroatoms. The molecule has 1 atom stereocenters. The van der Waals surface area contributed by atoms with Gasteiger partial charge < -0.3 is 10.2 Å². The molecule has 1 aromatic carbocycles. The fourth-order valence-corrected chi connectivity index (χ4v) is 1.93. The molecule has 0 bridgehead atoms. The molecule has 0 radical (unpaired) electrons. The van der Waals surface area contributed by atoms with Gasteiger partial charge in [-0.1, -0.05) is 12.1 Å². The van der Waals surface area contributed by atoms with E-state index < -0.39 is 0 Å². The normalized spacial score (nSPS) is 12.3. The monoisotopic (exact) mass is 316 g/mol. The van der Waals surface area contributed by atoms with Gasteiger partial charge in [-0.05, 0) is 41.4 Å². The predicted octanol–water partition coefficient (Wildman–Crippen LogP) is 2.54. The predicted molar refractivity (Wildman–Crippen MR) is 73.7 cm³/mol. The molecule has 100 valence electrons. The molecular formula is C13H18BrFN2O. The summed E-state index contributed by atoms with van der Waals surface area (Å²) in [6, 6.07) is 4.58. The van der Waals surface area contributed by atoms with E-state index in [1.807, 2.05) is 19.9 Å². The van der Waals surface area contributed by atoms with Crippen LogP contribution in [0, 0.1) is 5.82 Å². The van der Waals surface area contributed by atoms with E-state index in [1.54, 1.807) is 18.0 Å². The molecule has 1 amide bonds. The minimum atomic E-state index is -0.293. The molecule has 0 saturated carbocycles. The largest absolute Gasteiger partial charge is 0.345 e. The second-order valence-electron chi connectivity index (χ2n) is 4.17. The molecule has 0 aliphatic heterocycles. The number of rotatable bonds is 5. The first kappa shape index (κ1) is 15.1. The summed E-state index contributed by atoms with van der Waals surface area (Å²) in [6.45, 7) is 4.85. The van der Waals surface area contributed by atoms with Crippen LogP contribution in [0.3, 0.4) is 0 Å². The van der Waals surface area contributed by atoms with Crippen LogP contribution in [-0.2, 0) is 11.3 Å². The van der Waals surface area contributed by atoms with E-state index in [2.05, 4.69) is 21.2 Å². The van der Waals surface area contributed by atoms with Crippen molar-refractivity contribution in [3.05, 3.63) is 34.1 Å². The van der Waals surface area contributed by atoms with Crippen LogP contribution in [0.15, 0.2) is 22.7 Å². The minimum Gasteiger partial charge on any atom is -0.345 e. The Kier molecular flexibility index (Phi) is 5.75. The summed E-state index contributed by atoms with van der Waals surface area (Å²) < 4.78 is 13.7. The Labute approximate surface area is 115 Å².